The first-order valence-corrected chi connectivity index (χ1v) is 8.92. The molecule has 0 aromatic carbocycles. The van der Waals surface area contributed by atoms with Crippen LogP contribution in [-0.2, 0) is 24.6 Å². The fourth-order valence-corrected chi connectivity index (χ4v) is 3.59. The van der Waals surface area contributed by atoms with Crippen LogP contribution in [0.25, 0.3) is 11.5 Å². The summed E-state index contributed by atoms with van der Waals surface area (Å²) in [6.45, 7) is 1.77. The van der Waals surface area contributed by atoms with E-state index in [2.05, 4.69) is 5.10 Å². The second-order valence-electron chi connectivity index (χ2n) is 6.72. The van der Waals surface area contributed by atoms with E-state index in [4.69, 9.17) is 13.9 Å². The Kier molecular flexibility index (Phi) is 4.71. The smallest absolute Gasteiger partial charge is 0.331 e. The summed E-state index contributed by atoms with van der Waals surface area (Å²) in [4.78, 5) is 26.3. The fraction of sp³-hybridized carbons (Fsp3) is 0.500. The van der Waals surface area contributed by atoms with E-state index in [1.165, 1.54) is 4.68 Å². The molecule has 1 amide bonds. The summed E-state index contributed by atoms with van der Waals surface area (Å²) in [6, 6.07) is 5.25. The summed E-state index contributed by atoms with van der Waals surface area (Å²) in [7, 11) is 0. The number of amides is 1. The molecule has 0 unspecified atom stereocenters. The Balaban J connectivity index is 1.49. The van der Waals surface area contributed by atoms with Crippen molar-refractivity contribution in [2.24, 2.45) is 0 Å². The van der Waals surface area contributed by atoms with Gasteiger partial charge in [0, 0.05) is 32.1 Å². The number of hydrogen-bond acceptors (Lipinski definition) is 6. The Hall–Kier alpha value is -2.65. The standard InChI is InChI=1S/C18H21N3O6/c22-16(15-12-25-10-11-27-15)20-7-4-18(5-8-20,17(23)24)21-6-3-13(19-21)14-2-1-9-26-14/h1-3,6,9,15H,4-5,7-8,10-12H2,(H,23,24)/t15-/m0/s1. The van der Waals surface area contributed by atoms with Crippen LogP contribution in [0.1, 0.15) is 12.8 Å². The molecule has 2 aliphatic heterocycles. The van der Waals surface area contributed by atoms with Crippen LogP contribution < -0.4 is 0 Å². The molecule has 2 fully saturated rings. The summed E-state index contributed by atoms with van der Waals surface area (Å²) < 4.78 is 17.6. The van der Waals surface area contributed by atoms with Gasteiger partial charge in [-0.1, -0.05) is 0 Å². The summed E-state index contributed by atoms with van der Waals surface area (Å²) in [5, 5.41) is 14.3. The second kappa shape index (κ2) is 7.16. The largest absolute Gasteiger partial charge is 0.479 e. The highest BCUT2D eigenvalue weighted by Gasteiger charge is 2.46. The number of carboxylic acids is 1. The predicted molar refractivity (Wildman–Crippen MR) is 91.9 cm³/mol. The Morgan fingerprint density at radius 3 is 2.67 bits per heavy atom. The maximum absolute atomic E-state index is 12.6. The molecule has 0 spiro atoms. The molecular weight excluding hydrogens is 354 g/mol. The van der Waals surface area contributed by atoms with Crippen molar-refractivity contribution in [3.63, 3.8) is 0 Å². The number of aromatic nitrogens is 2. The van der Waals surface area contributed by atoms with Gasteiger partial charge >= 0.3 is 5.97 Å². The van der Waals surface area contributed by atoms with Gasteiger partial charge < -0.3 is 23.9 Å². The van der Waals surface area contributed by atoms with Gasteiger partial charge in [-0.2, -0.15) is 5.10 Å². The molecule has 2 saturated heterocycles. The molecule has 0 saturated carbocycles. The van der Waals surface area contributed by atoms with Gasteiger partial charge in [0.25, 0.3) is 5.91 Å². The molecule has 0 radical (unpaired) electrons. The molecule has 4 heterocycles. The number of furan rings is 1. The van der Waals surface area contributed by atoms with Crippen molar-refractivity contribution in [2.45, 2.75) is 24.5 Å². The summed E-state index contributed by atoms with van der Waals surface area (Å²) >= 11 is 0. The molecule has 27 heavy (non-hydrogen) atoms. The van der Waals surface area contributed by atoms with Crippen LogP contribution in [0.15, 0.2) is 35.1 Å². The van der Waals surface area contributed by atoms with Gasteiger partial charge in [0.05, 0.1) is 26.1 Å². The predicted octanol–water partition coefficient (Wildman–Crippen LogP) is 0.961. The summed E-state index contributed by atoms with van der Waals surface area (Å²) in [6.07, 6.45) is 3.12. The van der Waals surface area contributed by atoms with Crippen LogP contribution in [0.2, 0.25) is 0 Å². The van der Waals surface area contributed by atoms with E-state index < -0.39 is 17.6 Å². The van der Waals surface area contributed by atoms with Gasteiger partial charge in [-0.25, -0.2) is 4.79 Å². The molecule has 144 valence electrons. The molecule has 2 aromatic heterocycles. The molecule has 2 aliphatic rings. The monoisotopic (exact) mass is 375 g/mol. The van der Waals surface area contributed by atoms with Gasteiger partial charge in [-0.3, -0.25) is 9.48 Å². The van der Waals surface area contributed by atoms with Crippen LogP contribution in [-0.4, -0.2) is 70.7 Å². The number of likely N-dealkylation sites (tertiary alicyclic amines) is 1. The van der Waals surface area contributed by atoms with E-state index >= 15 is 0 Å². The van der Waals surface area contributed by atoms with Gasteiger partial charge in [0.1, 0.15) is 5.69 Å². The lowest BCUT2D eigenvalue weighted by Crippen LogP contribution is -2.55. The minimum atomic E-state index is -1.19. The second-order valence-corrected chi connectivity index (χ2v) is 6.72. The summed E-state index contributed by atoms with van der Waals surface area (Å²) in [5.41, 5.74) is -0.613. The first kappa shape index (κ1) is 17.7. The van der Waals surface area contributed by atoms with Crippen molar-refractivity contribution in [3.05, 3.63) is 30.7 Å². The van der Waals surface area contributed by atoms with E-state index in [-0.39, 0.29) is 25.4 Å². The summed E-state index contributed by atoms with van der Waals surface area (Å²) in [5.74, 6) is -0.525. The first-order valence-electron chi connectivity index (χ1n) is 8.92. The van der Waals surface area contributed by atoms with Crippen molar-refractivity contribution in [1.82, 2.24) is 14.7 Å². The maximum atomic E-state index is 12.6. The van der Waals surface area contributed by atoms with Gasteiger partial charge in [-0.05, 0) is 18.2 Å². The van der Waals surface area contributed by atoms with E-state index in [0.29, 0.717) is 37.8 Å². The molecule has 1 atom stereocenters. The average molecular weight is 375 g/mol. The van der Waals surface area contributed by atoms with Gasteiger partial charge in [0.2, 0.25) is 0 Å². The molecule has 0 aliphatic carbocycles. The zero-order chi connectivity index (χ0) is 18.9. The number of nitrogens with zero attached hydrogens (tertiary/aromatic N) is 3. The zero-order valence-corrected chi connectivity index (χ0v) is 14.7. The SMILES string of the molecule is O=C([C@@H]1COCCO1)N1CCC(C(=O)O)(n2ccc(-c3ccco3)n2)CC1. The molecule has 9 nitrogen and oxygen atoms in total. The number of aliphatic carboxylic acids is 1. The molecule has 2 aromatic rings. The third kappa shape index (κ3) is 3.24. The van der Waals surface area contributed by atoms with Crippen LogP contribution in [0, 0.1) is 0 Å². The Morgan fingerprint density at radius 1 is 1.22 bits per heavy atom. The van der Waals surface area contributed by atoms with E-state index in [0.717, 1.165) is 0 Å². The highest BCUT2D eigenvalue weighted by Crippen LogP contribution is 2.32. The molecular formula is C18H21N3O6. The molecule has 0 bridgehead atoms. The number of rotatable bonds is 4. The molecule has 9 heteroatoms. The number of piperidine rings is 1. The van der Waals surface area contributed by atoms with Crippen LogP contribution in [0.3, 0.4) is 0 Å². The minimum absolute atomic E-state index is 0.148. The van der Waals surface area contributed by atoms with Crippen molar-refractivity contribution in [2.75, 3.05) is 32.9 Å². The number of carbonyl (C=O) groups excluding carboxylic acids is 1. The lowest BCUT2D eigenvalue weighted by Gasteiger charge is -2.40. The van der Waals surface area contributed by atoms with Crippen molar-refractivity contribution in [1.29, 1.82) is 0 Å². The van der Waals surface area contributed by atoms with E-state index in [1.54, 1.807) is 35.6 Å². The Bertz CT molecular complexity index is 801. The van der Waals surface area contributed by atoms with Crippen LogP contribution in [0.4, 0.5) is 0 Å². The highest BCUT2D eigenvalue weighted by atomic mass is 16.6. The first-order chi connectivity index (χ1) is 13.1. The van der Waals surface area contributed by atoms with Crippen molar-refractivity contribution in [3.8, 4) is 11.5 Å². The van der Waals surface area contributed by atoms with Crippen molar-refractivity contribution >= 4 is 11.9 Å². The molecule has 1 N–H and O–H groups in total. The quantitative estimate of drug-likeness (QED) is 0.848. The van der Waals surface area contributed by atoms with Crippen LogP contribution >= 0.6 is 0 Å². The normalized spacial score (nSPS) is 22.5. The number of carbonyl (C=O) groups is 2. The average Bonchev–Trinajstić information content (AvgIpc) is 3.40. The minimum Gasteiger partial charge on any atom is -0.479 e. The number of ether oxygens (including phenoxy) is 2. The lowest BCUT2D eigenvalue weighted by molar-refractivity contribution is -0.163. The Labute approximate surface area is 155 Å². The van der Waals surface area contributed by atoms with E-state index in [9.17, 15) is 14.7 Å². The third-order valence-corrected chi connectivity index (χ3v) is 5.19. The third-order valence-electron chi connectivity index (χ3n) is 5.19. The number of carboxylic acid groups (broad SMARTS) is 1. The zero-order valence-electron chi connectivity index (χ0n) is 14.7. The lowest BCUT2D eigenvalue weighted by atomic mass is 9.87. The topological polar surface area (TPSA) is 107 Å². The van der Waals surface area contributed by atoms with Gasteiger partial charge in [-0.15, -0.1) is 0 Å². The fourth-order valence-electron chi connectivity index (χ4n) is 3.59. The highest BCUT2D eigenvalue weighted by molar-refractivity contribution is 5.82. The number of hydrogen-bond donors (Lipinski definition) is 1. The van der Waals surface area contributed by atoms with Crippen LogP contribution in [0.5, 0.6) is 0 Å². The van der Waals surface area contributed by atoms with Crippen molar-refractivity contribution < 1.29 is 28.6 Å². The molecule has 4 rings (SSSR count). The van der Waals surface area contributed by atoms with E-state index in [1.807, 2.05) is 0 Å². The van der Waals surface area contributed by atoms with Gasteiger partial charge in [0.15, 0.2) is 17.4 Å². The maximum Gasteiger partial charge on any atom is 0.331 e. The Morgan fingerprint density at radius 2 is 2.04 bits per heavy atom.